The van der Waals surface area contributed by atoms with E-state index in [-0.39, 0.29) is 11.5 Å². The van der Waals surface area contributed by atoms with Crippen LogP contribution in [0.4, 0.5) is 5.69 Å². The van der Waals surface area contributed by atoms with E-state index >= 15 is 0 Å². The van der Waals surface area contributed by atoms with Gasteiger partial charge in [0.15, 0.2) is 5.17 Å². The van der Waals surface area contributed by atoms with Gasteiger partial charge in [0, 0.05) is 22.2 Å². The molecule has 1 aliphatic heterocycles. The maximum absolute atomic E-state index is 12.9. The van der Waals surface area contributed by atoms with E-state index < -0.39 is 5.97 Å². The van der Waals surface area contributed by atoms with Gasteiger partial charge in [0.1, 0.15) is 12.4 Å². The average Bonchev–Trinajstić information content (AvgIpc) is 3.13. The van der Waals surface area contributed by atoms with Crippen molar-refractivity contribution in [3.8, 4) is 5.75 Å². The van der Waals surface area contributed by atoms with Crippen molar-refractivity contribution in [1.82, 2.24) is 4.90 Å². The Balaban J connectivity index is 1.48. The minimum atomic E-state index is -1.03. The van der Waals surface area contributed by atoms with Crippen LogP contribution in [0.3, 0.4) is 0 Å². The number of carbonyl (C=O) groups is 2. The molecule has 9 heteroatoms. The molecule has 1 N–H and O–H groups in total. The van der Waals surface area contributed by atoms with Crippen LogP contribution in [0.5, 0.6) is 5.75 Å². The predicted molar refractivity (Wildman–Crippen MR) is 141 cm³/mol. The Morgan fingerprint density at radius 3 is 2.57 bits per heavy atom. The van der Waals surface area contributed by atoms with Crippen LogP contribution >= 0.6 is 35.0 Å². The number of hydrogen-bond donors (Lipinski definition) is 1. The minimum absolute atomic E-state index is 0.139. The number of thioether (sulfide) groups is 1. The molecule has 0 unspecified atom stereocenters. The van der Waals surface area contributed by atoms with Gasteiger partial charge in [-0.2, -0.15) is 0 Å². The summed E-state index contributed by atoms with van der Waals surface area (Å²) in [5, 5.41) is 10.8. The number of carboxylic acids is 1. The third-order valence-electron chi connectivity index (χ3n) is 5.11. The van der Waals surface area contributed by atoms with Crippen molar-refractivity contribution >= 4 is 63.8 Å². The van der Waals surface area contributed by atoms with Gasteiger partial charge in [0.25, 0.3) is 5.91 Å². The molecular formula is C26H20Cl2N2O4S. The Hall–Kier alpha value is -3.26. The molecule has 1 amide bonds. The molecule has 1 saturated heterocycles. The number of halogens is 2. The van der Waals surface area contributed by atoms with E-state index in [4.69, 9.17) is 27.9 Å². The van der Waals surface area contributed by atoms with Crippen molar-refractivity contribution < 1.29 is 19.4 Å². The second-order valence-corrected chi connectivity index (χ2v) is 9.36. The Morgan fingerprint density at radius 2 is 1.89 bits per heavy atom. The standard InChI is InChI=1S/C26H20Cl2N2O4S/c1-2-30-24(31)23(35-26(30)29-20-5-3-4-17(13-20)25(32)33)12-16-6-10-21(11-7-16)34-15-18-8-9-19(27)14-22(18)28/h3-14H,2,15H2,1H3,(H,32,33)/b23-12+,29-26?. The van der Waals surface area contributed by atoms with E-state index in [1.807, 2.05) is 37.3 Å². The first kappa shape index (κ1) is 24.9. The van der Waals surface area contributed by atoms with Crippen molar-refractivity contribution in [3.63, 3.8) is 0 Å². The van der Waals surface area contributed by atoms with Crippen LogP contribution in [0.15, 0.2) is 76.6 Å². The molecule has 3 aromatic carbocycles. The predicted octanol–water partition coefficient (Wildman–Crippen LogP) is 6.89. The first-order valence-corrected chi connectivity index (χ1v) is 12.2. The summed E-state index contributed by atoms with van der Waals surface area (Å²) in [5.74, 6) is -0.513. The quantitative estimate of drug-likeness (QED) is 0.339. The first-order valence-electron chi connectivity index (χ1n) is 10.6. The van der Waals surface area contributed by atoms with E-state index in [9.17, 15) is 14.7 Å². The average molecular weight is 527 g/mol. The number of amides is 1. The van der Waals surface area contributed by atoms with E-state index in [1.54, 1.807) is 35.2 Å². The number of nitrogens with zero attached hydrogens (tertiary/aromatic N) is 2. The zero-order valence-electron chi connectivity index (χ0n) is 18.6. The number of carboxylic acid groups (broad SMARTS) is 1. The van der Waals surface area contributed by atoms with E-state index in [1.165, 1.54) is 23.9 Å². The lowest BCUT2D eigenvalue weighted by Gasteiger charge is -2.12. The Morgan fingerprint density at radius 1 is 1.11 bits per heavy atom. The number of hydrogen-bond acceptors (Lipinski definition) is 5. The Bertz CT molecular complexity index is 1340. The molecule has 1 heterocycles. The molecule has 0 saturated carbocycles. The number of ether oxygens (including phenoxy) is 1. The summed E-state index contributed by atoms with van der Waals surface area (Å²) in [6, 6.07) is 18.9. The molecule has 35 heavy (non-hydrogen) atoms. The molecule has 0 aromatic heterocycles. The van der Waals surface area contributed by atoms with Gasteiger partial charge in [-0.1, -0.05) is 47.5 Å². The maximum atomic E-state index is 12.9. The van der Waals surface area contributed by atoms with E-state index in [0.29, 0.717) is 44.7 Å². The number of aliphatic imine (C=N–C) groups is 1. The van der Waals surface area contributed by atoms with Gasteiger partial charge in [-0.25, -0.2) is 9.79 Å². The second-order valence-electron chi connectivity index (χ2n) is 7.50. The number of likely N-dealkylation sites (N-methyl/N-ethyl adjacent to an activating group) is 1. The molecule has 0 aliphatic carbocycles. The maximum Gasteiger partial charge on any atom is 0.335 e. The lowest BCUT2D eigenvalue weighted by Crippen LogP contribution is -2.28. The largest absolute Gasteiger partial charge is 0.489 e. The highest BCUT2D eigenvalue weighted by Crippen LogP contribution is 2.34. The summed E-state index contributed by atoms with van der Waals surface area (Å²) < 4.78 is 5.81. The monoisotopic (exact) mass is 526 g/mol. The highest BCUT2D eigenvalue weighted by atomic mass is 35.5. The summed E-state index contributed by atoms with van der Waals surface area (Å²) in [6.45, 7) is 2.61. The molecule has 178 valence electrons. The third kappa shape index (κ3) is 6.06. The van der Waals surface area contributed by atoms with E-state index in [2.05, 4.69) is 4.99 Å². The summed E-state index contributed by atoms with van der Waals surface area (Å²) in [6.07, 6.45) is 1.80. The number of carbonyl (C=O) groups excluding carboxylic acids is 1. The summed E-state index contributed by atoms with van der Waals surface area (Å²) >= 11 is 13.4. The molecule has 0 spiro atoms. The highest BCUT2D eigenvalue weighted by Gasteiger charge is 2.32. The first-order chi connectivity index (χ1) is 16.8. The van der Waals surface area contributed by atoms with Gasteiger partial charge in [0.2, 0.25) is 0 Å². The van der Waals surface area contributed by atoms with E-state index in [0.717, 1.165) is 11.1 Å². The number of rotatable bonds is 7. The number of benzene rings is 3. The molecule has 3 aromatic rings. The van der Waals surface area contributed by atoms with Crippen molar-refractivity contribution in [3.05, 3.63) is 98.4 Å². The second kappa shape index (κ2) is 11.0. The van der Waals surface area contributed by atoms with Crippen LogP contribution in [0.25, 0.3) is 6.08 Å². The van der Waals surface area contributed by atoms with Gasteiger partial charge < -0.3 is 9.84 Å². The normalized spacial score (nSPS) is 15.7. The van der Waals surface area contributed by atoms with Gasteiger partial charge in [-0.05, 0) is 72.8 Å². The molecule has 4 rings (SSSR count). The van der Waals surface area contributed by atoms with Crippen molar-refractivity contribution in [2.24, 2.45) is 4.99 Å². The summed E-state index contributed by atoms with van der Waals surface area (Å²) in [7, 11) is 0. The fourth-order valence-corrected chi connectivity index (χ4v) is 4.83. The fourth-order valence-electron chi connectivity index (χ4n) is 3.30. The summed E-state index contributed by atoms with van der Waals surface area (Å²) in [4.78, 5) is 30.8. The van der Waals surface area contributed by atoms with Crippen LogP contribution in [-0.4, -0.2) is 33.6 Å². The topological polar surface area (TPSA) is 79.2 Å². The molecule has 0 radical (unpaired) electrons. The lowest BCUT2D eigenvalue weighted by atomic mass is 10.2. The third-order valence-corrected chi connectivity index (χ3v) is 6.70. The minimum Gasteiger partial charge on any atom is -0.489 e. The van der Waals surface area contributed by atoms with Crippen molar-refractivity contribution in [2.75, 3.05) is 6.54 Å². The van der Waals surface area contributed by atoms with Crippen LogP contribution in [-0.2, 0) is 11.4 Å². The molecule has 1 aliphatic rings. The lowest BCUT2D eigenvalue weighted by molar-refractivity contribution is -0.122. The van der Waals surface area contributed by atoms with Crippen LogP contribution in [0, 0.1) is 0 Å². The van der Waals surface area contributed by atoms with Gasteiger partial charge >= 0.3 is 5.97 Å². The molecule has 0 bridgehead atoms. The van der Waals surface area contributed by atoms with Crippen molar-refractivity contribution in [1.29, 1.82) is 0 Å². The molecule has 6 nitrogen and oxygen atoms in total. The molecule has 1 fully saturated rings. The van der Waals surface area contributed by atoms with Crippen LogP contribution in [0.1, 0.15) is 28.4 Å². The van der Waals surface area contributed by atoms with Gasteiger partial charge in [-0.15, -0.1) is 0 Å². The highest BCUT2D eigenvalue weighted by molar-refractivity contribution is 8.18. The Kier molecular flexibility index (Phi) is 7.80. The number of aromatic carboxylic acids is 1. The molecule has 0 atom stereocenters. The number of amidine groups is 1. The van der Waals surface area contributed by atoms with Crippen molar-refractivity contribution in [2.45, 2.75) is 13.5 Å². The SMILES string of the molecule is CCN1C(=O)/C(=C\c2ccc(OCc3ccc(Cl)cc3Cl)cc2)SC1=Nc1cccc(C(=O)O)c1. The zero-order valence-corrected chi connectivity index (χ0v) is 20.9. The zero-order chi connectivity index (χ0) is 24.9. The van der Waals surface area contributed by atoms with Crippen LogP contribution < -0.4 is 4.74 Å². The van der Waals surface area contributed by atoms with Gasteiger partial charge in [-0.3, -0.25) is 9.69 Å². The van der Waals surface area contributed by atoms with Crippen LogP contribution in [0.2, 0.25) is 10.0 Å². The molecular weight excluding hydrogens is 507 g/mol. The van der Waals surface area contributed by atoms with Gasteiger partial charge in [0.05, 0.1) is 16.2 Å². The summed E-state index contributed by atoms with van der Waals surface area (Å²) in [5.41, 5.74) is 2.28. The smallest absolute Gasteiger partial charge is 0.335 e. The Labute approximate surface area is 216 Å². The fraction of sp³-hybridized carbons (Fsp3) is 0.115.